The van der Waals surface area contributed by atoms with E-state index in [1.54, 1.807) is 25.3 Å². The van der Waals surface area contributed by atoms with Gasteiger partial charge in [0.1, 0.15) is 6.61 Å². The molecule has 0 atom stereocenters. The number of aromatic nitrogens is 3. The molecule has 164 valence electrons. The van der Waals surface area contributed by atoms with E-state index in [1.165, 1.54) is 11.8 Å². The highest BCUT2D eigenvalue weighted by molar-refractivity contribution is 7.99. The number of thioether (sulfide) groups is 1. The van der Waals surface area contributed by atoms with Gasteiger partial charge in [-0.25, -0.2) is 0 Å². The molecule has 1 aromatic heterocycles. The summed E-state index contributed by atoms with van der Waals surface area (Å²) in [4.78, 5) is 12.3. The van der Waals surface area contributed by atoms with Crippen molar-refractivity contribution in [1.29, 1.82) is 0 Å². The number of carbonyl (C=O) groups is 1. The molecule has 0 bridgehead atoms. The largest absolute Gasteiger partial charge is 0.493 e. The topological polar surface area (TPSA) is 78.3 Å². The maximum atomic E-state index is 12.3. The Bertz CT molecular complexity index is 1070. The van der Waals surface area contributed by atoms with E-state index in [0.29, 0.717) is 44.8 Å². The van der Waals surface area contributed by atoms with Crippen molar-refractivity contribution in [3.05, 3.63) is 57.8 Å². The van der Waals surface area contributed by atoms with E-state index in [0.717, 1.165) is 5.56 Å². The average Bonchev–Trinajstić information content (AvgIpc) is 3.15. The van der Waals surface area contributed by atoms with Crippen LogP contribution in [0, 0.1) is 6.92 Å². The summed E-state index contributed by atoms with van der Waals surface area (Å²) < 4.78 is 13.2. The third-order valence-corrected chi connectivity index (χ3v) is 5.84. The summed E-state index contributed by atoms with van der Waals surface area (Å²) in [5.41, 5.74) is 1.59. The van der Waals surface area contributed by atoms with Crippen LogP contribution in [-0.4, -0.2) is 33.5 Å². The summed E-state index contributed by atoms with van der Waals surface area (Å²) >= 11 is 13.3. The monoisotopic (exact) mass is 480 g/mol. The minimum Gasteiger partial charge on any atom is -0.493 e. The van der Waals surface area contributed by atoms with Crippen molar-refractivity contribution < 1.29 is 14.3 Å². The first-order valence-corrected chi connectivity index (χ1v) is 11.2. The quantitative estimate of drug-likeness (QED) is 0.422. The normalized spacial score (nSPS) is 10.7. The van der Waals surface area contributed by atoms with Gasteiger partial charge in [0.15, 0.2) is 22.5 Å². The lowest BCUT2D eigenvalue weighted by molar-refractivity contribution is -0.113. The maximum Gasteiger partial charge on any atom is 0.234 e. The van der Waals surface area contributed by atoms with Gasteiger partial charge < -0.3 is 19.4 Å². The van der Waals surface area contributed by atoms with Gasteiger partial charge in [-0.3, -0.25) is 4.79 Å². The zero-order valence-corrected chi connectivity index (χ0v) is 19.6. The van der Waals surface area contributed by atoms with Gasteiger partial charge in [-0.15, -0.1) is 10.2 Å². The Balaban J connectivity index is 1.61. The molecule has 0 fully saturated rings. The van der Waals surface area contributed by atoms with Crippen molar-refractivity contribution in [1.82, 2.24) is 14.8 Å². The molecule has 0 aliphatic rings. The van der Waals surface area contributed by atoms with Crippen LogP contribution >= 0.6 is 35.0 Å². The molecule has 0 aliphatic carbocycles. The van der Waals surface area contributed by atoms with Gasteiger partial charge in [0.2, 0.25) is 5.91 Å². The predicted octanol–water partition coefficient (Wildman–Crippen LogP) is 5.23. The number of amides is 1. The number of rotatable bonds is 9. The summed E-state index contributed by atoms with van der Waals surface area (Å²) in [5.74, 6) is 1.90. The van der Waals surface area contributed by atoms with Crippen LogP contribution in [0.3, 0.4) is 0 Å². The summed E-state index contributed by atoms with van der Waals surface area (Å²) in [5, 5.41) is 12.7. The minimum absolute atomic E-state index is 0.156. The molecular weight excluding hydrogens is 459 g/mol. The number of aryl methyl sites for hydroxylation is 1. The first-order valence-electron chi connectivity index (χ1n) is 9.48. The van der Waals surface area contributed by atoms with E-state index in [-0.39, 0.29) is 18.3 Å². The standard InChI is InChI=1S/C21H22Cl2N4O3S/c1-4-27-19(11-30-17-8-5-13(2)9-18(17)29-3)25-26-21(27)31-12-20(28)24-16-7-6-14(22)10-15(16)23/h5-10H,4,11-12H2,1-3H3,(H,24,28). The number of carbonyl (C=O) groups excluding carboxylic acids is 1. The maximum absolute atomic E-state index is 12.3. The van der Waals surface area contributed by atoms with Crippen molar-refractivity contribution in [3.8, 4) is 11.5 Å². The second-order valence-electron chi connectivity index (χ2n) is 6.55. The Kier molecular flexibility index (Phi) is 8.06. The number of anilines is 1. The number of nitrogens with zero attached hydrogens (tertiary/aromatic N) is 3. The Labute approximate surface area is 195 Å². The highest BCUT2D eigenvalue weighted by Crippen LogP contribution is 2.29. The third-order valence-electron chi connectivity index (χ3n) is 4.32. The molecule has 0 spiro atoms. The molecule has 31 heavy (non-hydrogen) atoms. The van der Waals surface area contributed by atoms with Crippen LogP contribution in [0.15, 0.2) is 41.6 Å². The van der Waals surface area contributed by atoms with Crippen molar-refractivity contribution in [3.63, 3.8) is 0 Å². The van der Waals surface area contributed by atoms with E-state index in [9.17, 15) is 4.79 Å². The number of nitrogens with one attached hydrogen (secondary N) is 1. The number of benzene rings is 2. The van der Waals surface area contributed by atoms with Gasteiger partial charge in [-0.1, -0.05) is 41.0 Å². The molecule has 1 N–H and O–H groups in total. The summed E-state index contributed by atoms with van der Waals surface area (Å²) in [6.07, 6.45) is 0. The van der Waals surface area contributed by atoms with E-state index < -0.39 is 0 Å². The van der Waals surface area contributed by atoms with E-state index in [4.69, 9.17) is 32.7 Å². The van der Waals surface area contributed by atoms with Gasteiger partial charge in [-0.05, 0) is 49.7 Å². The van der Waals surface area contributed by atoms with Crippen molar-refractivity contribution in [2.45, 2.75) is 32.2 Å². The number of ether oxygens (including phenoxy) is 2. The second kappa shape index (κ2) is 10.7. The molecule has 3 aromatic rings. The lowest BCUT2D eigenvalue weighted by Crippen LogP contribution is -2.15. The minimum atomic E-state index is -0.206. The van der Waals surface area contributed by atoms with Gasteiger partial charge in [-0.2, -0.15) is 0 Å². The molecule has 7 nitrogen and oxygen atoms in total. The molecular formula is C21H22Cl2N4O3S. The highest BCUT2D eigenvalue weighted by atomic mass is 35.5. The average molecular weight is 481 g/mol. The number of hydrogen-bond acceptors (Lipinski definition) is 6. The molecule has 2 aromatic carbocycles. The second-order valence-corrected chi connectivity index (χ2v) is 8.33. The first-order chi connectivity index (χ1) is 14.9. The van der Waals surface area contributed by atoms with Crippen LogP contribution in [0.2, 0.25) is 10.0 Å². The molecule has 0 aliphatic heterocycles. The highest BCUT2D eigenvalue weighted by Gasteiger charge is 2.15. The van der Waals surface area contributed by atoms with Gasteiger partial charge in [0.05, 0.1) is 23.6 Å². The molecule has 0 saturated heterocycles. The number of hydrogen-bond donors (Lipinski definition) is 1. The van der Waals surface area contributed by atoms with Gasteiger partial charge in [0.25, 0.3) is 0 Å². The number of halogens is 2. The van der Waals surface area contributed by atoms with Crippen molar-refractivity contribution in [2.75, 3.05) is 18.2 Å². The Morgan fingerprint density at radius 2 is 1.97 bits per heavy atom. The molecule has 0 saturated carbocycles. The molecule has 3 rings (SSSR count). The van der Waals surface area contributed by atoms with Crippen LogP contribution in [-0.2, 0) is 17.9 Å². The van der Waals surface area contributed by atoms with Crippen molar-refractivity contribution in [2.24, 2.45) is 0 Å². The summed E-state index contributed by atoms with van der Waals surface area (Å²) in [6.45, 7) is 4.84. The van der Waals surface area contributed by atoms with Crippen LogP contribution in [0.25, 0.3) is 0 Å². The zero-order chi connectivity index (χ0) is 22.4. The summed E-state index contributed by atoms with van der Waals surface area (Å²) in [7, 11) is 1.60. The van der Waals surface area contributed by atoms with Crippen LogP contribution < -0.4 is 14.8 Å². The first kappa shape index (κ1) is 23.2. The fourth-order valence-corrected chi connectivity index (χ4v) is 4.07. The molecule has 1 amide bonds. The van der Waals surface area contributed by atoms with E-state index in [2.05, 4.69) is 15.5 Å². The van der Waals surface area contributed by atoms with Gasteiger partial charge in [0, 0.05) is 11.6 Å². The Hall–Kier alpha value is -2.42. The van der Waals surface area contributed by atoms with E-state index in [1.807, 2.05) is 36.6 Å². The predicted molar refractivity (Wildman–Crippen MR) is 124 cm³/mol. The smallest absolute Gasteiger partial charge is 0.234 e. The summed E-state index contributed by atoms with van der Waals surface area (Å²) in [6, 6.07) is 10.6. The lowest BCUT2D eigenvalue weighted by Gasteiger charge is -2.12. The zero-order valence-electron chi connectivity index (χ0n) is 17.3. The fourth-order valence-electron chi connectivity index (χ4n) is 2.79. The van der Waals surface area contributed by atoms with Crippen LogP contribution in [0.4, 0.5) is 5.69 Å². The molecule has 0 radical (unpaired) electrons. The van der Waals surface area contributed by atoms with Crippen molar-refractivity contribution >= 4 is 46.6 Å². The molecule has 10 heteroatoms. The molecule has 1 heterocycles. The van der Waals surface area contributed by atoms with Crippen LogP contribution in [0.5, 0.6) is 11.5 Å². The SMILES string of the molecule is CCn1c(COc2ccc(C)cc2OC)nnc1SCC(=O)Nc1ccc(Cl)cc1Cl. The molecule has 0 unspecified atom stereocenters. The van der Waals surface area contributed by atoms with Crippen LogP contribution in [0.1, 0.15) is 18.3 Å². The fraction of sp³-hybridized carbons (Fsp3) is 0.286. The van der Waals surface area contributed by atoms with E-state index >= 15 is 0 Å². The van der Waals surface area contributed by atoms with Gasteiger partial charge >= 0.3 is 0 Å². The Morgan fingerprint density at radius 3 is 2.68 bits per heavy atom. The third kappa shape index (κ3) is 6.06. The number of methoxy groups -OCH3 is 1. The lowest BCUT2D eigenvalue weighted by atomic mass is 10.2. The Morgan fingerprint density at radius 1 is 1.16 bits per heavy atom.